The lowest BCUT2D eigenvalue weighted by Crippen LogP contribution is -2.31. The van der Waals surface area contributed by atoms with Crippen molar-refractivity contribution in [2.75, 3.05) is 20.2 Å². The van der Waals surface area contributed by atoms with E-state index in [1.807, 2.05) is 12.1 Å². The van der Waals surface area contributed by atoms with Gasteiger partial charge in [-0.3, -0.25) is 9.78 Å². The molecule has 1 saturated heterocycles. The van der Waals surface area contributed by atoms with Crippen LogP contribution in [0.3, 0.4) is 0 Å². The molecule has 0 aliphatic carbocycles. The number of carbonyl (C=O) groups is 1. The van der Waals surface area contributed by atoms with E-state index in [0.29, 0.717) is 13.0 Å². The number of rotatable bonds is 4. The summed E-state index contributed by atoms with van der Waals surface area (Å²) in [5.74, 6) is 0.178. The summed E-state index contributed by atoms with van der Waals surface area (Å²) in [6.45, 7) is 1.28. The van der Waals surface area contributed by atoms with Crippen LogP contribution in [0.2, 0.25) is 0 Å². The number of oxime groups is 1. The van der Waals surface area contributed by atoms with Gasteiger partial charge in [0.15, 0.2) is 0 Å². The van der Waals surface area contributed by atoms with Crippen molar-refractivity contribution >= 4 is 11.6 Å². The van der Waals surface area contributed by atoms with Gasteiger partial charge in [0.25, 0.3) is 0 Å². The van der Waals surface area contributed by atoms with E-state index >= 15 is 0 Å². The van der Waals surface area contributed by atoms with Gasteiger partial charge in [-0.1, -0.05) is 5.16 Å². The molecule has 1 aliphatic heterocycles. The SMILES string of the molecule is CO/N=C(/CN1CCCC1=O)c1cccnc1. The highest BCUT2D eigenvalue weighted by Gasteiger charge is 2.22. The Bertz CT molecular complexity index is 417. The second-order valence-electron chi connectivity index (χ2n) is 3.88. The van der Waals surface area contributed by atoms with Crippen molar-refractivity contribution in [3.8, 4) is 0 Å². The largest absolute Gasteiger partial charge is 0.399 e. The fraction of sp³-hybridized carbons (Fsp3) is 0.417. The maximum absolute atomic E-state index is 11.6. The van der Waals surface area contributed by atoms with Gasteiger partial charge in [-0.2, -0.15) is 0 Å². The lowest BCUT2D eigenvalue weighted by molar-refractivity contribution is -0.127. The number of aromatic nitrogens is 1. The molecule has 2 heterocycles. The summed E-state index contributed by atoms with van der Waals surface area (Å²) in [5, 5.41) is 3.98. The third-order valence-corrected chi connectivity index (χ3v) is 2.71. The molecule has 0 unspecified atom stereocenters. The first-order chi connectivity index (χ1) is 8.31. The Hall–Kier alpha value is -1.91. The highest BCUT2D eigenvalue weighted by atomic mass is 16.6. The van der Waals surface area contributed by atoms with Crippen molar-refractivity contribution < 1.29 is 9.63 Å². The number of carbonyl (C=O) groups excluding carboxylic acids is 1. The number of pyridine rings is 1. The minimum absolute atomic E-state index is 0.178. The van der Waals surface area contributed by atoms with E-state index in [-0.39, 0.29) is 5.91 Å². The smallest absolute Gasteiger partial charge is 0.222 e. The van der Waals surface area contributed by atoms with Crippen LogP contribution < -0.4 is 0 Å². The Labute approximate surface area is 100 Å². The van der Waals surface area contributed by atoms with Crippen LogP contribution in [0.1, 0.15) is 18.4 Å². The average molecular weight is 233 g/mol. The second-order valence-corrected chi connectivity index (χ2v) is 3.88. The zero-order chi connectivity index (χ0) is 12.1. The summed E-state index contributed by atoms with van der Waals surface area (Å²) in [6.07, 6.45) is 4.98. The summed E-state index contributed by atoms with van der Waals surface area (Å²) in [6, 6.07) is 3.75. The lowest BCUT2D eigenvalue weighted by Gasteiger charge is -2.16. The number of amides is 1. The number of hydrogen-bond acceptors (Lipinski definition) is 4. The summed E-state index contributed by atoms with van der Waals surface area (Å²) in [4.78, 5) is 22.2. The molecule has 5 heteroatoms. The van der Waals surface area contributed by atoms with Crippen molar-refractivity contribution in [3.63, 3.8) is 0 Å². The standard InChI is InChI=1S/C12H15N3O2/c1-17-14-11(10-4-2-6-13-8-10)9-15-7-3-5-12(15)16/h2,4,6,8H,3,5,7,9H2,1H3/b14-11-. The first-order valence-corrected chi connectivity index (χ1v) is 5.59. The Morgan fingerprint density at radius 3 is 3.12 bits per heavy atom. The Balaban J connectivity index is 2.14. The molecule has 0 aromatic carbocycles. The molecule has 1 aliphatic rings. The van der Waals surface area contributed by atoms with Crippen LogP contribution in [0.15, 0.2) is 29.7 Å². The molecule has 2 rings (SSSR count). The minimum atomic E-state index is 0.178. The molecule has 0 radical (unpaired) electrons. The van der Waals surface area contributed by atoms with Crippen LogP contribution in [-0.4, -0.2) is 41.7 Å². The maximum Gasteiger partial charge on any atom is 0.222 e. The molecule has 0 bridgehead atoms. The Kier molecular flexibility index (Phi) is 3.69. The predicted octanol–water partition coefficient (Wildman–Crippen LogP) is 1.05. The first kappa shape index (κ1) is 11.6. The average Bonchev–Trinajstić information content (AvgIpc) is 2.76. The van der Waals surface area contributed by atoms with E-state index in [4.69, 9.17) is 4.84 Å². The summed E-state index contributed by atoms with van der Waals surface area (Å²) < 4.78 is 0. The molecular formula is C12H15N3O2. The maximum atomic E-state index is 11.6. The van der Waals surface area contributed by atoms with E-state index < -0.39 is 0 Å². The molecular weight excluding hydrogens is 218 g/mol. The van der Waals surface area contributed by atoms with Crippen LogP contribution in [0.4, 0.5) is 0 Å². The van der Waals surface area contributed by atoms with Crippen molar-refractivity contribution in [3.05, 3.63) is 30.1 Å². The van der Waals surface area contributed by atoms with Gasteiger partial charge in [-0.15, -0.1) is 0 Å². The van der Waals surface area contributed by atoms with E-state index in [1.165, 1.54) is 7.11 Å². The number of hydrogen-bond donors (Lipinski definition) is 0. The molecule has 1 amide bonds. The van der Waals surface area contributed by atoms with Gasteiger partial charge >= 0.3 is 0 Å². The molecule has 0 spiro atoms. The van der Waals surface area contributed by atoms with Gasteiger partial charge < -0.3 is 9.74 Å². The predicted molar refractivity (Wildman–Crippen MR) is 63.6 cm³/mol. The molecule has 0 atom stereocenters. The van der Waals surface area contributed by atoms with E-state index in [2.05, 4.69) is 10.1 Å². The molecule has 1 aromatic heterocycles. The fourth-order valence-electron chi connectivity index (χ4n) is 1.87. The number of likely N-dealkylation sites (tertiary alicyclic amines) is 1. The molecule has 90 valence electrons. The third-order valence-electron chi connectivity index (χ3n) is 2.71. The quantitative estimate of drug-likeness (QED) is 0.577. The summed E-state index contributed by atoms with van der Waals surface area (Å²) in [7, 11) is 1.50. The summed E-state index contributed by atoms with van der Waals surface area (Å²) >= 11 is 0. The first-order valence-electron chi connectivity index (χ1n) is 5.59. The van der Waals surface area contributed by atoms with Gasteiger partial charge in [0.1, 0.15) is 12.8 Å². The second kappa shape index (κ2) is 5.43. The molecule has 1 aromatic rings. The molecule has 1 fully saturated rings. The normalized spacial score (nSPS) is 16.4. The lowest BCUT2D eigenvalue weighted by atomic mass is 10.2. The van der Waals surface area contributed by atoms with E-state index in [1.54, 1.807) is 17.3 Å². The Morgan fingerprint density at radius 1 is 1.65 bits per heavy atom. The van der Waals surface area contributed by atoms with Gasteiger partial charge in [-0.25, -0.2) is 0 Å². The summed E-state index contributed by atoms with van der Waals surface area (Å²) in [5.41, 5.74) is 1.62. The van der Waals surface area contributed by atoms with Gasteiger partial charge in [0, 0.05) is 30.9 Å². The zero-order valence-electron chi connectivity index (χ0n) is 9.80. The van der Waals surface area contributed by atoms with E-state index in [0.717, 1.165) is 24.2 Å². The van der Waals surface area contributed by atoms with Crippen LogP contribution in [-0.2, 0) is 9.63 Å². The van der Waals surface area contributed by atoms with Crippen LogP contribution in [0, 0.1) is 0 Å². The highest BCUT2D eigenvalue weighted by Crippen LogP contribution is 2.11. The Morgan fingerprint density at radius 2 is 2.53 bits per heavy atom. The zero-order valence-corrected chi connectivity index (χ0v) is 9.80. The number of nitrogens with zero attached hydrogens (tertiary/aromatic N) is 3. The molecule has 17 heavy (non-hydrogen) atoms. The van der Waals surface area contributed by atoms with Gasteiger partial charge in [0.05, 0.1) is 6.54 Å². The van der Waals surface area contributed by atoms with Crippen molar-refractivity contribution in [1.29, 1.82) is 0 Å². The van der Waals surface area contributed by atoms with Crippen molar-refractivity contribution in [2.24, 2.45) is 5.16 Å². The van der Waals surface area contributed by atoms with Gasteiger partial charge in [-0.05, 0) is 18.6 Å². The van der Waals surface area contributed by atoms with Gasteiger partial charge in [0.2, 0.25) is 5.91 Å². The third kappa shape index (κ3) is 2.81. The van der Waals surface area contributed by atoms with Crippen LogP contribution in [0.25, 0.3) is 0 Å². The topological polar surface area (TPSA) is 54.8 Å². The minimum Gasteiger partial charge on any atom is -0.399 e. The van der Waals surface area contributed by atoms with Crippen molar-refractivity contribution in [2.45, 2.75) is 12.8 Å². The van der Waals surface area contributed by atoms with E-state index in [9.17, 15) is 4.79 Å². The van der Waals surface area contributed by atoms with Crippen LogP contribution >= 0.6 is 0 Å². The van der Waals surface area contributed by atoms with Crippen molar-refractivity contribution in [1.82, 2.24) is 9.88 Å². The highest BCUT2D eigenvalue weighted by molar-refractivity contribution is 6.03. The monoisotopic (exact) mass is 233 g/mol. The van der Waals surface area contributed by atoms with Crippen LogP contribution in [0.5, 0.6) is 0 Å². The fourth-order valence-corrected chi connectivity index (χ4v) is 1.87. The molecule has 0 saturated carbocycles. The molecule has 5 nitrogen and oxygen atoms in total. The molecule has 0 N–H and O–H groups in total.